The van der Waals surface area contributed by atoms with E-state index in [1.165, 1.54) is 24.0 Å². The molecule has 1 atom stereocenters. The molecule has 0 saturated heterocycles. The molecule has 2 aromatic rings. The highest BCUT2D eigenvalue weighted by Crippen LogP contribution is 2.37. The number of carbonyl (C=O) groups is 1. The molecule has 20 heavy (non-hydrogen) atoms. The van der Waals surface area contributed by atoms with Crippen molar-refractivity contribution in [2.45, 2.75) is 13.0 Å². The van der Waals surface area contributed by atoms with E-state index in [9.17, 15) is 4.79 Å². The van der Waals surface area contributed by atoms with E-state index in [4.69, 9.17) is 4.74 Å². The number of anilines is 1. The van der Waals surface area contributed by atoms with E-state index in [1.54, 1.807) is 0 Å². The molecule has 3 nitrogen and oxygen atoms in total. The van der Waals surface area contributed by atoms with Crippen molar-refractivity contribution in [2.24, 2.45) is 0 Å². The van der Waals surface area contributed by atoms with E-state index in [0.29, 0.717) is 0 Å². The van der Waals surface area contributed by atoms with Gasteiger partial charge in [-0.25, -0.2) is 4.79 Å². The van der Waals surface area contributed by atoms with Gasteiger partial charge in [-0.1, -0.05) is 17.7 Å². The number of hydrogen-bond donors (Lipinski definition) is 1. The number of esters is 1. The Labute approximate surface area is 138 Å². The lowest BCUT2D eigenvalue weighted by atomic mass is 10.2. The van der Waals surface area contributed by atoms with E-state index in [0.717, 1.165) is 18.8 Å². The van der Waals surface area contributed by atoms with Crippen molar-refractivity contribution >= 4 is 54.9 Å². The molecule has 2 rings (SSSR count). The molecule has 0 fully saturated rings. The van der Waals surface area contributed by atoms with Gasteiger partial charge in [0.1, 0.15) is 0 Å². The predicted octanol–water partition coefficient (Wildman–Crippen LogP) is 4.91. The molecule has 1 aromatic carbocycles. The summed E-state index contributed by atoms with van der Waals surface area (Å²) in [7, 11) is 1.39. The third kappa shape index (κ3) is 3.62. The lowest BCUT2D eigenvalue weighted by Crippen LogP contribution is -2.21. The average Bonchev–Trinajstić information content (AvgIpc) is 2.77. The van der Waals surface area contributed by atoms with Crippen molar-refractivity contribution in [2.75, 3.05) is 12.4 Å². The number of methoxy groups -OCH3 is 1. The minimum atomic E-state index is -0.518. The third-order valence-corrected chi connectivity index (χ3v) is 6.07. The van der Waals surface area contributed by atoms with Crippen LogP contribution in [0.1, 0.15) is 16.5 Å². The molecule has 0 aliphatic heterocycles. The quantitative estimate of drug-likeness (QED) is 0.717. The Hall–Kier alpha value is -0.850. The van der Waals surface area contributed by atoms with Crippen molar-refractivity contribution < 1.29 is 9.53 Å². The largest absolute Gasteiger partial charge is 0.467 e. The maximum absolute atomic E-state index is 12.0. The second-order valence-electron chi connectivity index (χ2n) is 4.24. The minimum absolute atomic E-state index is 0.313. The van der Waals surface area contributed by atoms with E-state index in [2.05, 4.69) is 37.2 Å². The van der Waals surface area contributed by atoms with Crippen LogP contribution in [-0.4, -0.2) is 13.1 Å². The fraction of sp³-hybridized carbons (Fsp3) is 0.214. The van der Waals surface area contributed by atoms with Gasteiger partial charge in [0.25, 0.3) is 0 Å². The van der Waals surface area contributed by atoms with Gasteiger partial charge in [-0.15, -0.1) is 11.3 Å². The van der Waals surface area contributed by atoms with Gasteiger partial charge in [0.2, 0.25) is 0 Å². The molecule has 106 valence electrons. The van der Waals surface area contributed by atoms with Crippen LogP contribution < -0.4 is 5.32 Å². The van der Waals surface area contributed by atoms with Crippen LogP contribution in [0.3, 0.4) is 0 Å². The number of rotatable bonds is 4. The first-order chi connectivity index (χ1) is 9.51. The molecular formula is C14H13Br2NO2S. The summed E-state index contributed by atoms with van der Waals surface area (Å²) in [6.07, 6.45) is 0. The Morgan fingerprint density at radius 3 is 2.45 bits per heavy atom. The van der Waals surface area contributed by atoms with Gasteiger partial charge in [-0.2, -0.15) is 0 Å². The Morgan fingerprint density at radius 2 is 1.95 bits per heavy atom. The van der Waals surface area contributed by atoms with Crippen molar-refractivity contribution in [3.05, 3.63) is 49.0 Å². The molecular weight excluding hydrogens is 406 g/mol. The SMILES string of the molecule is COC(=O)C(Nc1ccc(C)cc1)c1cc(Br)c(Br)s1. The van der Waals surface area contributed by atoms with Gasteiger partial charge in [0, 0.05) is 15.0 Å². The molecule has 0 radical (unpaired) electrons. The highest BCUT2D eigenvalue weighted by atomic mass is 79.9. The summed E-state index contributed by atoms with van der Waals surface area (Å²) in [6, 6.07) is 9.28. The number of carbonyl (C=O) groups excluding carboxylic acids is 1. The number of halogens is 2. The summed E-state index contributed by atoms with van der Waals surface area (Å²) in [5.74, 6) is -0.313. The summed E-state index contributed by atoms with van der Waals surface area (Å²) in [5.41, 5.74) is 2.05. The molecule has 1 unspecified atom stereocenters. The predicted molar refractivity (Wildman–Crippen MR) is 89.3 cm³/mol. The normalized spacial score (nSPS) is 12.0. The Balaban J connectivity index is 2.28. The standard InChI is InChI=1S/C14H13Br2NO2S/c1-8-3-5-9(6-4-8)17-12(14(18)19-2)11-7-10(15)13(16)20-11/h3-7,12,17H,1-2H3. The highest BCUT2D eigenvalue weighted by Gasteiger charge is 2.24. The summed E-state index contributed by atoms with van der Waals surface area (Å²) >= 11 is 8.37. The first kappa shape index (κ1) is 15.5. The van der Waals surface area contributed by atoms with Gasteiger partial charge in [-0.3, -0.25) is 0 Å². The molecule has 0 saturated carbocycles. The third-order valence-electron chi connectivity index (χ3n) is 2.75. The van der Waals surface area contributed by atoms with Crippen LogP contribution >= 0.6 is 43.2 Å². The van der Waals surface area contributed by atoms with Crippen LogP contribution in [-0.2, 0) is 9.53 Å². The zero-order chi connectivity index (χ0) is 14.7. The maximum atomic E-state index is 12.0. The van der Waals surface area contributed by atoms with Crippen LogP contribution in [0.2, 0.25) is 0 Å². The van der Waals surface area contributed by atoms with Crippen molar-refractivity contribution in [3.8, 4) is 0 Å². The van der Waals surface area contributed by atoms with E-state index < -0.39 is 6.04 Å². The molecule has 0 bridgehead atoms. The van der Waals surface area contributed by atoms with Gasteiger partial charge < -0.3 is 10.1 Å². The molecule has 0 spiro atoms. The Bertz CT molecular complexity index is 591. The number of ether oxygens (including phenoxy) is 1. The van der Waals surface area contributed by atoms with Crippen molar-refractivity contribution in [3.63, 3.8) is 0 Å². The maximum Gasteiger partial charge on any atom is 0.333 e. The fourth-order valence-corrected chi connectivity index (χ4v) is 3.82. The van der Waals surface area contributed by atoms with E-state index in [-0.39, 0.29) is 5.97 Å². The van der Waals surface area contributed by atoms with Gasteiger partial charge in [0.05, 0.1) is 10.9 Å². The van der Waals surface area contributed by atoms with Crippen LogP contribution in [0.5, 0.6) is 0 Å². The second kappa shape index (κ2) is 6.74. The van der Waals surface area contributed by atoms with Gasteiger partial charge >= 0.3 is 5.97 Å². The number of thiophene rings is 1. The number of aryl methyl sites for hydroxylation is 1. The number of benzene rings is 1. The summed E-state index contributed by atoms with van der Waals surface area (Å²) in [5, 5.41) is 3.21. The first-order valence-electron chi connectivity index (χ1n) is 5.87. The zero-order valence-corrected chi connectivity index (χ0v) is 14.9. The summed E-state index contributed by atoms with van der Waals surface area (Å²) in [6.45, 7) is 2.02. The average molecular weight is 419 g/mol. The van der Waals surface area contributed by atoms with E-state index in [1.807, 2.05) is 37.3 Å². The number of hydrogen-bond acceptors (Lipinski definition) is 4. The topological polar surface area (TPSA) is 38.3 Å². The Morgan fingerprint density at radius 1 is 1.30 bits per heavy atom. The first-order valence-corrected chi connectivity index (χ1v) is 8.27. The molecule has 1 aromatic heterocycles. The molecule has 0 aliphatic carbocycles. The van der Waals surface area contributed by atoms with E-state index >= 15 is 0 Å². The zero-order valence-electron chi connectivity index (χ0n) is 10.9. The summed E-state index contributed by atoms with van der Waals surface area (Å²) < 4.78 is 6.77. The van der Waals surface area contributed by atoms with Crippen LogP contribution in [0.15, 0.2) is 38.6 Å². The van der Waals surface area contributed by atoms with Crippen molar-refractivity contribution in [1.82, 2.24) is 0 Å². The summed E-state index contributed by atoms with van der Waals surface area (Å²) in [4.78, 5) is 12.9. The smallest absolute Gasteiger partial charge is 0.333 e. The molecule has 0 amide bonds. The lowest BCUT2D eigenvalue weighted by Gasteiger charge is -2.16. The van der Waals surface area contributed by atoms with Crippen LogP contribution in [0, 0.1) is 6.92 Å². The molecule has 6 heteroatoms. The minimum Gasteiger partial charge on any atom is -0.467 e. The number of nitrogens with one attached hydrogen (secondary N) is 1. The molecule has 0 aliphatic rings. The molecule has 1 N–H and O–H groups in total. The van der Waals surface area contributed by atoms with Crippen LogP contribution in [0.25, 0.3) is 0 Å². The van der Waals surface area contributed by atoms with Crippen molar-refractivity contribution in [1.29, 1.82) is 0 Å². The molecule has 1 heterocycles. The second-order valence-corrected chi connectivity index (χ2v) is 7.49. The lowest BCUT2D eigenvalue weighted by molar-refractivity contribution is -0.141. The fourth-order valence-electron chi connectivity index (χ4n) is 1.69. The van der Waals surface area contributed by atoms with Crippen LogP contribution in [0.4, 0.5) is 5.69 Å². The van der Waals surface area contributed by atoms with Gasteiger partial charge in [-0.05, 0) is 57.0 Å². The highest BCUT2D eigenvalue weighted by molar-refractivity contribution is 9.13. The monoisotopic (exact) mass is 417 g/mol. The Kier molecular flexibility index (Phi) is 5.23. The van der Waals surface area contributed by atoms with Gasteiger partial charge in [0.15, 0.2) is 6.04 Å².